The molecule has 1 aromatic carbocycles. The van der Waals surface area contributed by atoms with Crippen LogP contribution in [0.5, 0.6) is 5.75 Å². The van der Waals surface area contributed by atoms with Crippen molar-refractivity contribution in [2.75, 3.05) is 18.6 Å². The monoisotopic (exact) mass is 262 g/mol. The molecule has 1 aromatic rings. The van der Waals surface area contributed by atoms with Crippen molar-refractivity contribution < 1.29 is 9.53 Å². The lowest BCUT2D eigenvalue weighted by Gasteiger charge is -2.30. The van der Waals surface area contributed by atoms with E-state index in [-0.39, 0.29) is 18.0 Å². The lowest BCUT2D eigenvalue weighted by Crippen LogP contribution is -2.44. The quantitative estimate of drug-likeness (QED) is 0.887. The van der Waals surface area contributed by atoms with E-state index in [1.54, 1.807) is 7.11 Å². The summed E-state index contributed by atoms with van der Waals surface area (Å²) < 4.78 is 5.41. The van der Waals surface area contributed by atoms with Gasteiger partial charge < -0.3 is 15.0 Å². The molecule has 0 spiro atoms. The van der Waals surface area contributed by atoms with Crippen molar-refractivity contribution in [3.63, 3.8) is 0 Å². The van der Waals surface area contributed by atoms with Gasteiger partial charge in [0.05, 0.1) is 18.8 Å². The highest BCUT2D eigenvalue weighted by molar-refractivity contribution is 5.99. The summed E-state index contributed by atoms with van der Waals surface area (Å²) >= 11 is 0. The normalized spacial score (nSPS) is 24.2. The summed E-state index contributed by atoms with van der Waals surface area (Å²) in [5, 5.41) is 3.24. The van der Waals surface area contributed by atoms with Crippen LogP contribution >= 0.6 is 0 Å². The molecular formula is C15H22N2O2. The van der Waals surface area contributed by atoms with Gasteiger partial charge in [0.25, 0.3) is 0 Å². The van der Waals surface area contributed by atoms with Gasteiger partial charge in [0.15, 0.2) is 0 Å². The van der Waals surface area contributed by atoms with Crippen LogP contribution in [-0.2, 0) is 4.79 Å². The molecule has 0 radical (unpaired) electrons. The van der Waals surface area contributed by atoms with E-state index in [0.29, 0.717) is 0 Å². The van der Waals surface area contributed by atoms with Crippen molar-refractivity contribution in [1.82, 2.24) is 5.32 Å². The topological polar surface area (TPSA) is 41.6 Å². The van der Waals surface area contributed by atoms with E-state index in [9.17, 15) is 4.79 Å². The molecule has 19 heavy (non-hydrogen) atoms. The summed E-state index contributed by atoms with van der Waals surface area (Å²) in [6, 6.07) is 5.95. The first kappa shape index (κ1) is 13.9. The second-order valence-corrected chi connectivity index (χ2v) is 5.20. The van der Waals surface area contributed by atoms with Crippen LogP contribution in [-0.4, -0.2) is 31.6 Å². The Bertz CT molecular complexity index is 473. The van der Waals surface area contributed by atoms with E-state index in [0.717, 1.165) is 30.0 Å². The van der Waals surface area contributed by atoms with Crippen molar-refractivity contribution in [2.45, 2.75) is 39.3 Å². The third-order valence-electron chi connectivity index (χ3n) is 3.66. The number of rotatable bonds is 2. The smallest absolute Gasteiger partial charge is 0.244 e. The van der Waals surface area contributed by atoms with E-state index in [2.05, 4.69) is 12.2 Å². The van der Waals surface area contributed by atoms with E-state index in [1.807, 2.05) is 36.9 Å². The van der Waals surface area contributed by atoms with Crippen LogP contribution in [0.15, 0.2) is 18.2 Å². The molecule has 4 nitrogen and oxygen atoms in total. The molecule has 2 unspecified atom stereocenters. The number of benzene rings is 1. The first-order chi connectivity index (χ1) is 9.04. The third-order valence-corrected chi connectivity index (χ3v) is 3.66. The number of anilines is 1. The maximum absolute atomic E-state index is 12.5. The van der Waals surface area contributed by atoms with Gasteiger partial charge in [-0.2, -0.15) is 0 Å². The molecule has 1 saturated heterocycles. The number of hydrogen-bond donors (Lipinski definition) is 1. The van der Waals surface area contributed by atoms with Gasteiger partial charge in [0, 0.05) is 6.04 Å². The van der Waals surface area contributed by atoms with E-state index in [4.69, 9.17) is 4.74 Å². The summed E-state index contributed by atoms with van der Waals surface area (Å²) in [5.74, 6) is 0.855. The molecule has 0 aliphatic carbocycles. The lowest BCUT2D eigenvalue weighted by atomic mass is 10.1. The van der Waals surface area contributed by atoms with Gasteiger partial charge in [-0.15, -0.1) is 0 Å². The molecule has 1 N–H and O–H groups in total. The SMILES string of the molecule is COc1ccc(C)cc1N1C(=O)C(C)NCCC1C. The van der Waals surface area contributed by atoms with Crippen LogP contribution in [0.4, 0.5) is 5.69 Å². The molecule has 1 fully saturated rings. The molecule has 0 bridgehead atoms. The Labute approximate surface area is 114 Å². The van der Waals surface area contributed by atoms with Crippen molar-refractivity contribution in [3.05, 3.63) is 23.8 Å². The first-order valence-corrected chi connectivity index (χ1v) is 6.75. The Morgan fingerprint density at radius 1 is 1.37 bits per heavy atom. The number of aryl methyl sites for hydroxylation is 1. The summed E-state index contributed by atoms with van der Waals surface area (Å²) in [7, 11) is 1.64. The summed E-state index contributed by atoms with van der Waals surface area (Å²) in [5.41, 5.74) is 2.00. The molecule has 1 aliphatic rings. The summed E-state index contributed by atoms with van der Waals surface area (Å²) in [6.45, 7) is 6.88. The van der Waals surface area contributed by atoms with Gasteiger partial charge >= 0.3 is 0 Å². The van der Waals surface area contributed by atoms with Crippen LogP contribution in [0.2, 0.25) is 0 Å². The van der Waals surface area contributed by atoms with Crippen molar-refractivity contribution in [2.24, 2.45) is 0 Å². The molecule has 0 saturated carbocycles. The fourth-order valence-electron chi connectivity index (χ4n) is 2.50. The number of methoxy groups -OCH3 is 1. The maximum Gasteiger partial charge on any atom is 0.244 e. The number of carbonyl (C=O) groups excluding carboxylic acids is 1. The fraction of sp³-hybridized carbons (Fsp3) is 0.533. The van der Waals surface area contributed by atoms with Gasteiger partial charge in [0.1, 0.15) is 5.75 Å². The Morgan fingerprint density at radius 3 is 2.79 bits per heavy atom. The number of nitrogens with zero attached hydrogens (tertiary/aromatic N) is 1. The molecule has 1 heterocycles. The number of carbonyl (C=O) groups is 1. The zero-order chi connectivity index (χ0) is 14.0. The standard InChI is InChI=1S/C15H22N2O2/c1-10-5-6-14(19-4)13(9-10)17-11(2)7-8-16-12(3)15(17)18/h5-6,9,11-12,16H,7-8H2,1-4H3. The van der Waals surface area contributed by atoms with Crippen LogP contribution in [0.1, 0.15) is 25.8 Å². The number of ether oxygens (including phenoxy) is 1. The highest BCUT2D eigenvalue weighted by Gasteiger charge is 2.30. The van der Waals surface area contributed by atoms with Gasteiger partial charge in [0.2, 0.25) is 5.91 Å². The molecule has 2 rings (SSSR count). The van der Waals surface area contributed by atoms with E-state index >= 15 is 0 Å². The highest BCUT2D eigenvalue weighted by Crippen LogP contribution is 2.32. The summed E-state index contributed by atoms with van der Waals surface area (Å²) in [4.78, 5) is 14.4. The predicted molar refractivity (Wildman–Crippen MR) is 76.8 cm³/mol. The van der Waals surface area contributed by atoms with Crippen molar-refractivity contribution in [1.29, 1.82) is 0 Å². The minimum Gasteiger partial charge on any atom is -0.495 e. The Kier molecular flexibility index (Phi) is 4.10. The average molecular weight is 262 g/mol. The van der Waals surface area contributed by atoms with Gasteiger partial charge in [-0.3, -0.25) is 4.79 Å². The largest absolute Gasteiger partial charge is 0.495 e. The fourth-order valence-corrected chi connectivity index (χ4v) is 2.50. The zero-order valence-electron chi connectivity index (χ0n) is 12.1. The Balaban J connectivity index is 2.47. The molecule has 104 valence electrons. The lowest BCUT2D eigenvalue weighted by molar-refractivity contribution is -0.120. The predicted octanol–water partition coefficient (Wildman–Crippen LogP) is 2.11. The molecule has 1 aliphatic heterocycles. The molecule has 1 amide bonds. The molecule has 2 atom stereocenters. The maximum atomic E-state index is 12.5. The van der Waals surface area contributed by atoms with Crippen LogP contribution in [0.25, 0.3) is 0 Å². The third kappa shape index (κ3) is 2.73. The molecule has 4 heteroatoms. The first-order valence-electron chi connectivity index (χ1n) is 6.75. The second kappa shape index (κ2) is 5.61. The van der Waals surface area contributed by atoms with Gasteiger partial charge in [-0.25, -0.2) is 0 Å². The number of nitrogens with one attached hydrogen (secondary N) is 1. The Hall–Kier alpha value is -1.55. The number of hydrogen-bond acceptors (Lipinski definition) is 3. The average Bonchev–Trinajstić information content (AvgIpc) is 2.50. The highest BCUT2D eigenvalue weighted by atomic mass is 16.5. The van der Waals surface area contributed by atoms with Crippen LogP contribution < -0.4 is 15.0 Å². The van der Waals surface area contributed by atoms with Crippen molar-refractivity contribution in [3.8, 4) is 5.75 Å². The molecule has 0 aromatic heterocycles. The number of amides is 1. The Morgan fingerprint density at radius 2 is 2.11 bits per heavy atom. The minimum atomic E-state index is -0.157. The van der Waals surface area contributed by atoms with Crippen LogP contribution in [0, 0.1) is 6.92 Å². The second-order valence-electron chi connectivity index (χ2n) is 5.20. The van der Waals surface area contributed by atoms with Crippen molar-refractivity contribution >= 4 is 11.6 Å². The summed E-state index contributed by atoms with van der Waals surface area (Å²) in [6.07, 6.45) is 0.938. The van der Waals surface area contributed by atoms with Gasteiger partial charge in [-0.1, -0.05) is 6.07 Å². The van der Waals surface area contributed by atoms with Crippen LogP contribution in [0.3, 0.4) is 0 Å². The van der Waals surface area contributed by atoms with Gasteiger partial charge in [-0.05, 0) is 51.4 Å². The zero-order valence-corrected chi connectivity index (χ0v) is 12.1. The van der Waals surface area contributed by atoms with E-state index < -0.39 is 0 Å². The van der Waals surface area contributed by atoms with E-state index in [1.165, 1.54) is 0 Å². The molecular weight excluding hydrogens is 240 g/mol. The minimum absolute atomic E-state index is 0.105.